The lowest BCUT2D eigenvalue weighted by molar-refractivity contribution is 0.0923. The summed E-state index contributed by atoms with van der Waals surface area (Å²) in [6.07, 6.45) is 4.74. The van der Waals surface area contributed by atoms with Gasteiger partial charge in [-0.2, -0.15) is 0 Å². The van der Waals surface area contributed by atoms with Gasteiger partial charge in [-0.15, -0.1) is 0 Å². The summed E-state index contributed by atoms with van der Waals surface area (Å²) in [6.45, 7) is 1.83. The van der Waals surface area contributed by atoms with Crippen LogP contribution in [0.4, 0.5) is 5.69 Å². The lowest BCUT2D eigenvalue weighted by Gasteiger charge is -2.24. The number of sulfonamides is 1. The minimum atomic E-state index is -3.76. The molecule has 29 heavy (non-hydrogen) atoms. The van der Waals surface area contributed by atoms with E-state index in [0.717, 1.165) is 17.9 Å². The molecule has 0 heterocycles. The van der Waals surface area contributed by atoms with E-state index in [1.54, 1.807) is 30.3 Å². The highest BCUT2D eigenvalue weighted by molar-refractivity contribution is 7.92. The Bertz CT molecular complexity index is 1040. The second-order valence-corrected chi connectivity index (χ2v) is 10.6. The predicted octanol–water partition coefficient (Wildman–Crippen LogP) is 4.39. The van der Waals surface area contributed by atoms with Crippen LogP contribution in [0.2, 0.25) is 5.02 Å². The number of benzene rings is 2. The van der Waals surface area contributed by atoms with Crippen LogP contribution in [0.3, 0.4) is 0 Å². The molecule has 2 bridgehead atoms. The van der Waals surface area contributed by atoms with E-state index in [2.05, 4.69) is 5.32 Å². The van der Waals surface area contributed by atoms with Crippen LogP contribution in [0.5, 0.6) is 0 Å². The van der Waals surface area contributed by atoms with E-state index in [4.69, 9.17) is 11.6 Å². The van der Waals surface area contributed by atoms with E-state index in [-0.39, 0.29) is 16.8 Å². The monoisotopic (exact) mass is 432 g/mol. The topological polar surface area (TPSA) is 66.5 Å². The SMILES string of the molecule is Cc1ccc(C(=O)N[C@H]2C[C@@H]3CC[C@@H]2C3)cc1N(C)S(=O)(=O)c1ccc(Cl)cc1. The van der Waals surface area contributed by atoms with E-state index in [1.807, 2.05) is 6.92 Å². The Morgan fingerprint density at radius 3 is 2.45 bits per heavy atom. The lowest BCUT2D eigenvalue weighted by Crippen LogP contribution is -2.38. The molecule has 1 amide bonds. The van der Waals surface area contributed by atoms with Crippen LogP contribution in [0.1, 0.15) is 41.6 Å². The zero-order chi connectivity index (χ0) is 20.8. The summed E-state index contributed by atoms with van der Waals surface area (Å²) in [5.74, 6) is 1.19. The van der Waals surface area contributed by atoms with E-state index >= 15 is 0 Å². The van der Waals surface area contributed by atoms with Crippen molar-refractivity contribution in [2.45, 2.75) is 43.5 Å². The summed E-state index contributed by atoms with van der Waals surface area (Å²) in [6, 6.07) is 11.5. The Kier molecular flexibility index (Phi) is 5.34. The van der Waals surface area contributed by atoms with Gasteiger partial charge in [0.1, 0.15) is 0 Å². The number of halogens is 1. The molecule has 0 unspecified atom stereocenters. The second-order valence-electron chi connectivity index (χ2n) is 8.18. The Labute approximate surface area is 177 Å². The lowest BCUT2D eigenvalue weighted by atomic mass is 9.95. The highest BCUT2D eigenvalue weighted by Gasteiger charge is 2.40. The summed E-state index contributed by atoms with van der Waals surface area (Å²) in [7, 11) is -2.26. The van der Waals surface area contributed by atoms with Gasteiger partial charge in [0, 0.05) is 23.7 Å². The minimum Gasteiger partial charge on any atom is -0.349 e. The highest BCUT2D eigenvalue weighted by atomic mass is 35.5. The largest absolute Gasteiger partial charge is 0.349 e. The molecule has 0 aromatic heterocycles. The number of carbonyl (C=O) groups excluding carboxylic acids is 1. The minimum absolute atomic E-state index is 0.138. The number of anilines is 1. The first kappa shape index (κ1) is 20.2. The number of fused-ring (bicyclic) bond motifs is 2. The van der Waals surface area contributed by atoms with Gasteiger partial charge in [-0.25, -0.2) is 8.42 Å². The first-order valence-corrected chi connectivity index (χ1v) is 11.7. The fourth-order valence-electron chi connectivity index (χ4n) is 4.66. The van der Waals surface area contributed by atoms with Crippen molar-refractivity contribution in [3.8, 4) is 0 Å². The predicted molar refractivity (Wildman–Crippen MR) is 115 cm³/mol. The summed E-state index contributed by atoms with van der Waals surface area (Å²) in [4.78, 5) is 13.0. The number of rotatable bonds is 5. The van der Waals surface area contributed by atoms with Gasteiger partial charge in [0.15, 0.2) is 0 Å². The van der Waals surface area contributed by atoms with Crippen molar-refractivity contribution in [2.24, 2.45) is 11.8 Å². The Balaban J connectivity index is 1.57. The molecule has 0 radical (unpaired) electrons. The van der Waals surface area contributed by atoms with Gasteiger partial charge in [0.05, 0.1) is 10.6 Å². The van der Waals surface area contributed by atoms with Crippen LogP contribution in [0, 0.1) is 18.8 Å². The van der Waals surface area contributed by atoms with Crippen molar-refractivity contribution < 1.29 is 13.2 Å². The first-order valence-electron chi connectivity index (χ1n) is 9.91. The second kappa shape index (κ2) is 7.65. The number of carbonyl (C=O) groups is 1. The van der Waals surface area contributed by atoms with Gasteiger partial charge in [0.2, 0.25) is 0 Å². The average molecular weight is 433 g/mol. The van der Waals surface area contributed by atoms with Gasteiger partial charge in [-0.3, -0.25) is 9.10 Å². The molecule has 0 saturated heterocycles. The number of nitrogens with zero attached hydrogens (tertiary/aromatic N) is 1. The maximum atomic E-state index is 13.0. The quantitative estimate of drug-likeness (QED) is 0.761. The first-order chi connectivity index (χ1) is 13.8. The van der Waals surface area contributed by atoms with Gasteiger partial charge < -0.3 is 5.32 Å². The molecule has 5 nitrogen and oxygen atoms in total. The van der Waals surface area contributed by atoms with Crippen LogP contribution < -0.4 is 9.62 Å². The van der Waals surface area contributed by atoms with E-state index in [9.17, 15) is 13.2 Å². The van der Waals surface area contributed by atoms with Crippen molar-refractivity contribution in [1.82, 2.24) is 5.32 Å². The summed E-state index contributed by atoms with van der Waals surface area (Å²) in [5, 5.41) is 3.64. The third-order valence-electron chi connectivity index (χ3n) is 6.34. The molecular weight excluding hydrogens is 408 g/mol. The fraction of sp³-hybridized carbons (Fsp3) is 0.409. The number of nitrogens with one attached hydrogen (secondary N) is 1. The summed E-state index contributed by atoms with van der Waals surface area (Å²) >= 11 is 5.88. The molecule has 2 fully saturated rings. The Morgan fingerprint density at radius 1 is 1.10 bits per heavy atom. The Morgan fingerprint density at radius 2 is 1.83 bits per heavy atom. The Hall–Kier alpha value is -2.05. The van der Waals surface area contributed by atoms with Crippen molar-refractivity contribution in [2.75, 3.05) is 11.4 Å². The van der Waals surface area contributed by atoms with Crippen LogP contribution in [0.15, 0.2) is 47.4 Å². The van der Waals surface area contributed by atoms with Crippen LogP contribution in [-0.4, -0.2) is 27.4 Å². The number of amides is 1. The number of hydrogen-bond donors (Lipinski definition) is 1. The van der Waals surface area contributed by atoms with Gasteiger partial charge in [-0.05, 0) is 80.0 Å². The van der Waals surface area contributed by atoms with Crippen molar-refractivity contribution in [1.29, 1.82) is 0 Å². The summed E-state index contributed by atoms with van der Waals surface area (Å²) in [5.41, 5.74) is 1.74. The molecule has 3 atom stereocenters. The highest BCUT2D eigenvalue weighted by Crippen LogP contribution is 2.44. The molecular formula is C22H25ClN2O3S. The molecule has 2 aromatic rings. The molecule has 2 aliphatic carbocycles. The molecule has 7 heteroatoms. The number of aryl methyl sites for hydroxylation is 1. The van der Waals surface area contributed by atoms with Crippen molar-refractivity contribution >= 4 is 33.2 Å². The number of hydrogen-bond acceptors (Lipinski definition) is 3. The maximum absolute atomic E-state index is 13.0. The maximum Gasteiger partial charge on any atom is 0.264 e. The van der Waals surface area contributed by atoms with Gasteiger partial charge >= 0.3 is 0 Å². The zero-order valence-corrected chi connectivity index (χ0v) is 18.1. The molecule has 2 aliphatic rings. The molecule has 2 saturated carbocycles. The van der Waals surface area contributed by atoms with E-state index < -0.39 is 10.0 Å². The smallest absolute Gasteiger partial charge is 0.264 e. The molecule has 4 rings (SSSR count). The molecule has 0 spiro atoms. The van der Waals surface area contributed by atoms with E-state index in [1.165, 1.54) is 42.7 Å². The normalized spacial score (nSPS) is 23.2. The van der Waals surface area contributed by atoms with Crippen molar-refractivity contribution in [3.63, 3.8) is 0 Å². The fourth-order valence-corrected chi connectivity index (χ4v) is 6.04. The average Bonchev–Trinajstić information content (AvgIpc) is 3.31. The molecule has 1 N–H and O–H groups in total. The van der Waals surface area contributed by atoms with Crippen LogP contribution in [0.25, 0.3) is 0 Å². The van der Waals surface area contributed by atoms with E-state index in [0.29, 0.717) is 22.2 Å². The zero-order valence-electron chi connectivity index (χ0n) is 16.6. The van der Waals surface area contributed by atoms with Crippen molar-refractivity contribution in [3.05, 3.63) is 58.6 Å². The van der Waals surface area contributed by atoms with Gasteiger partial charge in [0.25, 0.3) is 15.9 Å². The third kappa shape index (κ3) is 3.88. The third-order valence-corrected chi connectivity index (χ3v) is 8.37. The molecule has 0 aliphatic heterocycles. The molecule has 2 aromatic carbocycles. The standard InChI is InChI=1S/C22H25ClN2O3S/c1-14-3-5-17(22(26)24-20-12-15-4-6-16(20)11-15)13-21(14)25(2)29(27,28)19-9-7-18(23)8-10-19/h3,5,7-10,13,15-16,20H,4,6,11-12H2,1-2H3,(H,24,26)/t15-,16-,20+/m1/s1. The van der Waals surface area contributed by atoms with Crippen LogP contribution >= 0.6 is 11.6 Å². The molecule has 154 valence electrons. The summed E-state index contributed by atoms with van der Waals surface area (Å²) < 4.78 is 27.3. The van der Waals surface area contributed by atoms with Gasteiger partial charge in [-0.1, -0.05) is 24.1 Å². The van der Waals surface area contributed by atoms with Crippen LogP contribution in [-0.2, 0) is 10.0 Å².